The Morgan fingerprint density at radius 2 is 1.32 bits per heavy atom. The van der Waals surface area contributed by atoms with Gasteiger partial charge in [0, 0.05) is 12.0 Å². The van der Waals surface area contributed by atoms with E-state index in [4.69, 9.17) is 27.1 Å². The molecule has 4 aromatic heterocycles. The highest BCUT2D eigenvalue weighted by Gasteiger charge is 2.30. The Hall–Kier alpha value is -5.90. The van der Waals surface area contributed by atoms with Crippen molar-refractivity contribution in [2.45, 2.75) is 118 Å². The average Bonchev–Trinajstić information content (AvgIpc) is 4.09. The Labute approximate surface area is 352 Å². The number of hydrogen-bond acceptors (Lipinski definition) is 10. The number of furan rings is 4. The van der Waals surface area contributed by atoms with Gasteiger partial charge in [0.1, 0.15) is 23.2 Å². The molecule has 318 valence electrons. The maximum Gasteiger partial charge on any atom is 0.343 e. The summed E-state index contributed by atoms with van der Waals surface area (Å²) in [7, 11) is 0. The number of allylic oxidation sites excluding steroid dienone is 6. The van der Waals surface area contributed by atoms with Gasteiger partial charge in [-0.25, -0.2) is 9.59 Å². The second kappa shape index (κ2) is 20.4. The zero-order valence-electron chi connectivity index (χ0n) is 35.7. The van der Waals surface area contributed by atoms with E-state index in [1.165, 1.54) is 11.1 Å². The maximum atomic E-state index is 11.8. The fourth-order valence-corrected chi connectivity index (χ4v) is 7.68. The van der Waals surface area contributed by atoms with Crippen molar-refractivity contribution in [2.75, 3.05) is 0 Å². The molecule has 10 nitrogen and oxygen atoms in total. The van der Waals surface area contributed by atoms with Crippen LogP contribution in [-0.2, 0) is 38.3 Å². The summed E-state index contributed by atoms with van der Waals surface area (Å²) in [5.74, 6) is 1.97. The number of aliphatic hydroxyl groups is 2. The number of carbonyl (C=O) groups excluding carboxylic acids is 2. The minimum atomic E-state index is -0.489. The zero-order chi connectivity index (χ0) is 42.8. The Morgan fingerprint density at radius 3 is 1.85 bits per heavy atom. The molecular weight excluding hydrogens is 761 g/mol. The first kappa shape index (κ1) is 43.7. The molecule has 60 heavy (non-hydrogen) atoms. The molecule has 3 unspecified atom stereocenters. The highest BCUT2D eigenvalue weighted by Crippen LogP contribution is 2.38. The third-order valence-corrected chi connectivity index (χ3v) is 11.3. The number of esters is 2. The smallest absolute Gasteiger partial charge is 0.343 e. The molecule has 10 heteroatoms. The molecule has 2 aliphatic heterocycles. The number of cyclic esters (lactones) is 2. The van der Waals surface area contributed by atoms with Crippen LogP contribution in [0.2, 0.25) is 0 Å². The van der Waals surface area contributed by atoms with Gasteiger partial charge in [0.25, 0.3) is 0 Å². The molecule has 6 heterocycles. The molecule has 2 aliphatic rings. The van der Waals surface area contributed by atoms with Crippen molar-refractivity contribution in [3.05, 3.63) is 165 Å². The van der Waals surface area contributed by atoms with E-state index in [9.17, 15) is 19.8 Å². The van der Waals surface area contributed by atoms with Crippen molar-refractivity contribution >= 4 is 11.9 Å². The van der Waals surface area contributed by atoms with Crippen LogP contribution in [0.25, 0.3) is 0 Å². The van der Waals surface area contributed by atoms with E-state index in [1.807, 2.05) is 30.5 Å². The van der Waals surface area contributed by atoms with Crippen molar-refractivity contribution in [1.29, 1.82) is 0 Å². The molecule has 2 N–H and O–H groups in total. The fraction of sp³-hybridized carbons (Fsp3) is 0.400. The molecular formula is C50H58O10. The summed E-state index contributed by atoms with van der Waals surface area (Å²) in [6, 6.07) is 8.22. The summed E-state index contributed by atoms with van der Waals surface area (Å²) in [4.78, 5) is 23.5. The maximum absolute atomic E-state index is 11.8. The Bertz CT molecular complexity index is 2280. The van der Waals surface area contributed by atoms with Crippen molar-refractivity contribution in [3.63, 3.8) is 0 Å². The Balaban J connectivity index is 1.07. The van der Waals surface area contributed by atoms with Crippen molar-refractivity contribution in [1.82, 2.24) is 0 Å². The monoisotopic (exact) mass is 818 g/mol. The van der Waals surface area contributed by atoms with Gasteiger partial charge in [0.15, 0.2) is 23.0 Å². The molecule has 0 bridgehead atoms. The average molecular weight is 819 g/mol. The highest BCUT2D eigenvalue weighted by atomic mass is 16.6. The minimum Gasteiger partial charge on any atom is -0.504 e. The van der Waals surface area contributed by atoms with Crippen LogP contribution in [0.3, 0.4) is 0 Å². The highest BCUT2D eigenvalue weighted by molar-refractivity contribution is 5.93. The molecule has 0 fully saturated rings. The summed E-state index contributed by atoms with van der Waals surface area (Å²) in [6.07, 6.45) is 26.6. The van der Waals surface area contributed by atoms with Crippen LogP contribution < -0.4 is 0 Å². The molecule has 0 saturated carbocycles. The molecule has 0 saturated heterocycles. The quantitative estimate of drug-likeness (QED) is 0.0615. The lowest BCUT2D eigenvalue weighted by Gasteiger charge is -2.13. The van der Waals surface area contributed by atoms with Gasteiger partial charge in [-0.05, 0) is 157 Å². The third-order valence-electron chi connectivity index (χ3n) is 11.3. The molecule has 3 atom stereocenters. The van der Waals surface area contributed by atoms with E-state index in [2.05, 4.69) is 52.0 Å². The Morgan fingerprint density at radius 1 is 0.733 bits per heavy atom. The molecule has 0 spiro atoms. The number of ether oxygens (including phenoxy) is 2. The molecule has 0 amide bonds. The first-order chi connectivity index (χ1) is 28.9. The van der Waals surface area contributed by atoms with Crippen LogP contribution in [-0.4, -0.2) is 22.2 Å². The van der Waals surface area contributed by atoms with E-state index < -0.39 is 11.9 Å². The van der Waals surface area contributed by atoms with Gasteiger partial charge in [-0.3, -0.25) is 0 Å². The van der Waals surface area contributed by atoms with Gasteiger partial charge >= 0.3 is 11.9 Å². The molecule has 0 aliphatic carbocycles. The van der Waals surface area contributed by atoms with Crippen LogP contribution in [0.15, 0.2) is 143 Å². The minimum absolute atomic E-state index is 0.0583. The lowest BCUT2D eigenvalue weighted by atomic mass is 9.91. The predicted molar refractivity (Wildman–Crippen MR) is 228 cm³/mol. The summed E-state index contributed by atoms with van der Waals surface area (Å²) >= 11 is 0. The van der Waals surface area contributed by atoms with Gasteiger partial charge in [-0.1, -0.05) is 37.1 Å². The van der Waals surface area contributed by atoms with E-state index in [0.29, 0.717) is 6.42 Å². The molecule has 4 aromatic rings. The largest absolute Gasteiger partial charge is 0.504 e. The van der Waals surface area contributed by atoms with Gasteiger partial charge in [-0.2, -0.15) is 0 Å². The van der Waals surface area contributed by atoms with Gasteiger partial charge in [0.2, 0.25) is 0 Å². The number of carbonyl (C=O) groups is 2. The van der Waals surface area contributed by atoms with Crippen LogP contribution in [0.5, 0.6) is 0 Å². The number of aliphatic hydroxyl groups excluding tert-OH is 2. The van der Waals surface area contributed by atoms with Crippen molar-refractivity contribution in [3.8, 4) is 0 Å². The van der Waals surface area contributed by atoms with Gasteiger partial charge in [-0.15, -0.1) is 0 Å². The zero-order valence-corrected chi connectivity index (χ0v) is 35.7. The second-order valence-corrected chi connectivity index (χ2v) is 16.5. The van der Waals surface area contributed by atoms with Crippen LogP contribution in [0, 0.1) is 11.8 Å². The summed E-state index contributed by atoms with van der Waals surface area (Å²) in [5.41, 5.74) is 7.36. The van der Waals surface area contributed by atoms with Crippen LogP contribution in [0.1, 0.15) is 138 Å². The predicted octanol–water partition coefficient (Wildman–Crippen LogP) is 12.7. The van der Waals surface area contributed by atoms with E-state index in [-0.39, 0.29) is 51.9 Å². The summed E-state index contributed by atoms with van der Waals surface area (Å²) < 4.78 is 34.3. The summed E-state index contributed by atoms with van der Waals surface area (Å²) in [6.45, 7) is 11.6. The van der Waals surface area contributed by atoms with Gasteiger partial charge < -0.3 is 37.4 Å². The van der Waals surface area contributed by atoms with Crippen LogP contribution >= 0.6 is 0 Å². The van der Waals surface area contributed by atoms with E-state index in [1.54, 1.807) is 38.9 Å². The number of aryl methyl sites for hydroxylation is 2. The number of rotatable bonds is 21. The molecule has 0 aromatic carbocycles. The summed E-state index contributed by atoms with van der Waals surface area (Å²) in [5, 5.41) is 20.3. The van der Waals surface area contributed by atoms with E-state index in [0.717, 1.165) is 104 Å². The second-order valence-electron chi connectivity index (χ2n) is 16.5. The Kier molecular flexibility index (Phi) is 14.8. The SMILES string of the molecule is CC1=C(O)/C(=C/C(C)CCC/C(C)=C/CCc2coc(C(c3ccoc3)c3oc(Cc4ccoc4)cc3CC/C=C(\C)CCCC(C)/C=C3\OC(=O)C(C)=C3O)c2)OC1=O. The standard InChI is InChI=1S/C50H58O10/c1-31(11-7-15-33(3)23-43-46(51)35(5)49(53)59-43)13-9-17-37-26-42(57-29-37)45(40-20-22-56-30-40)48-39(27-41(58-48)25-38-19-21-55-28-38)18-10-14-32(2)12-8-16-34(4)24-44-47(52)36(6)50(54)60-44/h13-14,19-24,26-30,33-34,45,51-52H,7-12,15-18,25H2,1-6H3/b31-13+,32-14+,43-23-,44-24-. The third kappa shape index (κ3) is 11.4. The topological polar surface area (TPSA) is 146 Å². The first-order valence-electron chi connectivity index (χ1n) is 21.1. The van der Waals surface area contributed by atoms with E-state index >= 15 is 0 Å². The van der Waals surface area contributed by atoms with Crippen molar-refractivity contribution < 1.29 is 46.9 Å². The molecule has 0 radical (unpaired) electrons. The lowest BCUT2D eigenvalue weighted by molar-refractivity contribution is -0.134. The lowest BCUT2D eigenvalue weighted by Crippen LogP contribution is -2.03. The first-order valence-corrected chi connectivity index (χ1v) is 21.1. The molecule has 6 rings (SSSR count). The van der Waals surface area contributed by atoms with Crippen LogP contribution in [0.4, 0.5) is 0 Å². The van der Waals surface area contributed by atoms with Crippen molar-refractivity contribution in [2.24, 2.45) is 11.8 Å². The fourth-order valence-electron chi connectivity index (χ4n) is 7.68. The number of hydrogen-bond donors (Lipinski definition) is 2. The normalized spacial score (nSPS) is 18.0. The van der Waals surface area contributed by atoms with Gasteiger partial charge in [0.05, 0.1) is 42.5 Å².